The molecule has 0 bridgehead atoms. The minimum atomic E-state index is -1.83. The smallest absolute Gasteiger partial charge is 0.355 e. The number of rotatable bonds is 16. The second-order valence-corrected chi connectivity index (χ2v) is 15.1. The molecule has 0 N–H and O–H groups in total. The molecule has 0 saturated carbocycles. The van der Waals surface area contributed by atoms with Crippen LogP contribution in [0.3, 0.4) is 0 Å². The third kappa shape index (κ3) is 8.02. The summed E-state index contributed by atoms with van der Waals surface area (Å²) in [7, 11) is 3.86. The van der Waals surface area contributed by atoms with E-state index in [0.717, 1.165) is 35.9 Å². The quantitative estimate of drug-likeness (QED) is 0.0654. The Hall–Kier alpha value is -3.88. The molecule has 2 aromatic heterocycles. The van der Waals surface area contributed by atoms with Crippen LogP contribution in [0.1, 0.15) is 80.8 Å². The molecular weight excluding hydrogens is 685 g/mol. The molecule has 266 valence electrons. The molecule has 1 aromatic carbocycles. The van der Waals surface area contributed by atoms with E-state index in [2.05, 4.69) is 0 Å². The van der Waals surface area contributed by atoms with Crippen molar-refractivity contribution in [2.45, 2.75) is 82.2 Å². The topological polar surface area (TPSA) is 149 Å². The summed E-state index contributed by atoms with van der Waals surface area (Å²) >= 11 is 0. The van der Waals surface area contributed by atoms with Gasteiger partial charge in [0.15, 0.2) is 0 Å². The summed E-state index contributed by atoms with van der Waals surface area (Å²) in [5.74, 6) is -1.26. The van der Waals surface area contributed by atoms with Gasteiger partial charge in [0.1, 0.15) is 19.8 Å². The Morgan fingerprint density at radius 3 is 2.50 bits per heavy atom. The van der Waals surface area contributed by atoms with Crippen molar-refractivity contribution in [3.8, 4) is 5.69 Å². The van der Waals surface area contributed by atoms with Gasteiger partial charge in [-0.1, -0.05) is 53.1 Å². The van der Waals surface area contributed by atoms with Gasteiger partial charge in [-0.3, -0.25) is 28.7 Å². The molecule has 3 aliphatic rings. The highest BCUT2D eigenvalue weighted by atomic mass is 33.1. The number of cyclic esters (lactones) is 1. The van der Waals surface area contributed by atoms with E-state index in [1.54, 1.807) is 17.6 Å². The lowest BCUT2D eigenvalue weighted by atomic mass is 9.85. The van der Waals surface area contributed by atoms with Gasteiger partial charge >= 0.3 is 23.9 Å². The van der Waals surface area contributed by atoms with Gasteiger partial charge in [-0.2, -0.15) is 0 Å². The maximum atomic E-state index is 13.8. The van der Waals surface area contributed by atoms with Crippen molar-refractivity contribution in [2.24, 2.45) is 0 Å². The molecule has 1 fully saturated rings. The van der Waals surface area contributed by atoms with Crippen molar-refractivity contribution >= 4 is 56.4 Å². The molecule has 12 nitrogen and oxygen atoms in total. The van der Waals surface area contributed by atoms with Crippen molar-refractivity contribution in [3.63, 3.8) is 0 Å². The lowest BCUT2D eigenvalue weighted by Crippen LogP contribution is -2.47. The van der Waals surface area contributed by atoms with Crippen molar-refractivity contribution in [3.05, 3.63) is 69.3 Å². The third-order valence-electron chi connectivity index (χ3n) is 9.05. The van der Waals surface area contributed by atoms with Gasteiger partial charge in [0.25, 0.3) is 5.56 Å². The summed E-state index contributed by atoms with van der Waals surface area (Å²) in [5.41, 5.74) is 1.17. The number of carbonyl (C=O) groups excluding carboxylic acids is 4. The zero-order valence-corrected chi connectivity index (χ0v) is 29.6. The van der Waals surface area contributed by atoms with Gasteiger partial charge in [-0.05, 0) is 43.9 Å². The Bertz CT molecular complexity index is 1820. The van der Waals surface area contributed by atoms with E-state index in [0.29, 0.717) is 35.0 Å². The highest BCUT2D eigenvalue weighted by Crippen LogP contribution is 2.41. The van der Waals surface area contributed by atoms with Crippen LogP contribution in [0.2, 0.25) is 0 Å². The Labute approximate surface area is 297 Å². The Balaban J connectivity index is 0.949. The first-order valence-electron chi connectivity index (χ1n) is 17.0. The lowest BCUT2D eigenvalue weighted by molar-refractivity contribution is -0.189. The second kappa shape index (κ2) is 16.4. The summed E-state index contributed by atoms with van der Waals surface area (Å²) in [6.45, 7) is 1.77. The molecule has 0 radical (unpaired) electrons. The monoisotopic (exact) mass is 724 g/mol. The minimum Gasteiger partial charge on any atom is -0.463 e. The number of ether oxygens (including phenoxy) is 5. The zero-order chi connectivity index (χ0) is 35.1. The lowest BCUT2D eigenvalue weighted by Gasteiger charge is -2.35. The summed E-state index contributed by atoms with van der Waals surface area (Å²) < 4.78 is 28.5. The van der Waals surface area contributed by atoms with Crippen LogP contribution < -0.4 is 5.56 Å². The molecule has 0 spiro atoms. The van der Waals surface area contributed by atoms with Gasteiger partial charge in [-0.15, -0.1) is 0 Å². The zero-order valence-electron chi connectivity index (χ0n) is 27.9. The highest BCUT2D eigenvalue weighted by Gasteiger charge is 2.50. The molecule has 1 saturated heterocycles. The maximum Gasteiger partial charge on any atom is 0.355 e. The molecule has 14 heteroatoms. The molecule has 50 heavy (non-hydrogen) atoms. The Morgan fingerprint density at radius 1 is 0.980 bits per heavy atom. The number of nitrogens with zero attached hydrogens (tertiary/aromatic N) is 2. The number of carbonyl (C=O) groups is 4. The first-order valence-corrected chi connectivity index (χ1v) is 19.4. The number of esters is 4. The first-order chi connectivity index (χ1) is 24.3. The van der Waals surface area contributed by atoms with Crippen LogP contribution in [-0.4, -0.2) is 70.9 Å². The molecule has 0 amide bonds. The van der Waals surface area contributed by atoms with Crippen LogP contribution in [-0.2, 0) is 61.5 Å². The fourth-order valence-electron chi connectivity index (χ4n) is 6.43. The van der Waals surface area contributed by atoms with Crippen molar-refractivity contribution in [1.82, 2.24) is 9.55 Å². The number of aromatic nitrogens is 2. The van der Waals surface area contributed by atoms with E-state index in [9.17, 15) is 24.0 Å². The van der Waals surface area contributed by atoms with E-state index in [-0.39, 0.29) is 69.4 Å². The Kier molecular flexibility index (Phi) is 11.8. The minimum absolute atomic E-state index is 0.0264. The van der Waals surface area contributed by atoms with Gasteiger partial charge in [0, 0.05) is 40.5 Å². The second-order valence-electron chi connectivity index (χ2n) is 12.4. The van der Waals surface area contributed by atoms with Gasteiger partial charge in [0.2, 0.25) is 5.60 Å². The van der Waals surface area contributed by atoms with Gasteiger partial charge in [-0.25, -0.2) is 4.79 Å². The SMILES string of the molecule is CCC1(OC(=O)CCC(=O)OCCOCCOC(=O)CCCCC2CCSS2)C(=O)OCc2c1cc1n(c2=O)-c2cc3ccccc3nc2C1. The highest BCUT2D eigenvalue weighted by molar-refractivity contribution is 8.77. The predicted molar refractivity (Wildman–Crippen MR) is 187 cm³/mol. The Morgan fingerprint density at radius 2 is 1.74 bits per heavy atom. The summed E-state index contributed by atoms with van der Waals surface area (Å²) in [6.07, 6.45) is 4.36. The number of benzene rings is 1. The van der Waals surface area contributed by atoms with Gasteiger partial charge in [0.05, 0.1) is 48.5 Å². The van der Waals surface area contributed by atoms with Crippen LogP contribution in [0.15, 0.2) is 41.2 Å². The molecule has 0 aliphatic carbocycles. The molecule has 2 atom stereocenters. The number of fused-ring (bicyclic) bond motifs is 5. The van der Waals surface area contributed by atoms with Crippen molar-refractivity contribution < 1.29 is 42.9 Å². The van der Waals surface area contributed by atoms with Crippen LogP contribution >= 0.6 is 21.6 Å². The van der Waals surface area contributed by atoms with E-state index in [4.69, 9.17) is 28.7 Å². The molecule has 6 rings (SSSR count). The third-order valence-corrected chi connectivity index (χ3v) is 12.1. The molecular formula is C36H40N2O10S2. The van der Waals surface area contributed by atoms with Crippen LogP contribution in [0.25, 0.3) is 16.6 Å². The van der Waals surface area contributed by atoms with Crippen LogP contribution in [0, 0.1) is 0 Å². The van der Waals surface area contributed by atoms with E-state index >= 15 is 0 Å². The molecule has 3 aromatic rings. The average molecular weight is 725 g/mol. The van der Waals surface area contributed by atoms with E-state index < -0.39 is 23.5 Å². The summed E-state index contributed by atoms with van der Waals surface area (Å²) in [6, 6.07) is 11.3. The maximum absolute atomic E-state index is 13.8. The van der Waals surface area contributed by atoms with Crippen molar-refractivity contribution in [1.29, 1.82) is 0 Å². The largest absolute Gasteiger partial charge is 0.463 e. The number of unbranched alkanes of at least 4 members (excludes halogenated alkanes) is 1. The number of hydrogen-bond acceptors (Lipinski definition) is 13. The van der Waals surface area contributed by atoms with Crippen molar-refractivity contribution in [2.75, 3.05) is 32.2 Å². The standard InChI is InChI=1S/C36H40N2O10S2/c1-2-36(48-33(41)12-11-32(40)46-17-15-44-14-16-45-31(39)10-6-4-8-25-13-18-49-50-25)27-20-24-21-29-30(19-23-7-3-5-9-28(23)37-29)38(24)34(42)26(27)22-47-35(36)43/h3,5,7,9,19-20,25H,2,4,6,8,10-18,21-22H2,1H3. The fourth-order valence-corrected chi connectivity index (χ4v) is 9.46. The van der Waals surface area contributed by atoms with E-state index in [1.807, 2.05) is 51.9 Å². The van der Waals surface area contributed by atoms with Crippen LogP contribution in [0.5, 0.6) is 0 Å². The van der Waals surface area contributed by atoms with Gasteiger partial charge < -0.3 is 23.7 Å². The fraction of sp³-hybridized carbons (Fsp3) is 0.500. The van der Waals surface area contributed by atoms with Crippen LogP contribution in [0.4, 0.5) is 0 Å². The van der Waals surface area contributed by atoms with E-state index in [1.165, 1.54) is 12.2 Å². The predicted octanol–water partition coefficient (Wildman–Crippen LogP) is 5.09. The molecule has 5 heterocycles. The number of pyridine rings is 2. The average Bonchev–Trinajstić information content (AvgIpc) is 3.77. The molecule has 2 unspecified atom stereocenters. The number of para-hydroxylation sites is 1. The normalized spacial score (nSPS) is 19.0. The summed E-state index contributed by atoms with van der Waals surface area (Å²) in [5, 5.41) is 1.60. The molecule has 3 aliphatic heterocycles. The number of hydrogen-bond donors (Lipinski definition) is 0. The summed E-state index contributed by atoms with van der Waals surface area (Å²) in [4.78, 5) is 69.0. The first kappa shape index (κ1) is 35.9.